The van der Waals surface area contributed by atoms with Gasteiger partial charge in [-0.1, -0.05) is 0 Å². The zero-order valence-corrected chi connectivity index (χ0v) is 5.42. The van der Waals surface area contributed by atoms with Crippen molar-refractivity contribution in [2.24, 2.45) is 0 Å². The molecule has 0 saturated carbocycles. The van der Waals surface area contributed by atoms with Crippen LogP contribution in [-0.2, 0) is 33.3 Å². The molecule has 0 aliphatic heterocycles. The third-order valence-corrected chi connectivity index (χ3v) is 0. The summed E-state index contributed by atoms with van der Waals surface area (Å²) in [6, 6.07) is 0. The summed E-state index contributed by atoms with van der Waals surface area (Å²) >= 11 is 0. The van der Waals surface area contributed by atoms with Gasteiger partial charge in [-0.2, -0.15) is 0 Å². The first-order valence-corrected chi connectivity index (χ1v) is 0. The van der Waals surface area contributed by atoms with Crippen LogP contribution in [0.1, 0.15) is 0 Å². The largest absolute Gasteiger partial charge is 5.00 e. The Bertz CT molecular complexity index is 3.61. The molecule has 0 bridgehead atoms. The summed E-state index contributed by atoms with van der Waals surface area (Å²) < 4.78 is 0. The van der Waals surface area contributed by atoms with Crippen molar-refractivity contribution in [3.05, 3.63) is 0 Å². The van der Waals surface area contributed by atoms with Gasteiger partial charge >= 0.3 is 22.4 Å². The molecule has 0 fully saturated rings. The minimum absolute atomic E-state index is 0. The zero-order valence-electron chi connectivity index (χ0n) is 2.21. The van der Waals surface area contributed by atoms with Crippen molar-refractivity contribution in [2.75, 3.05) is 0 Å². The van der Waals surface area contributed by atoms with Crippen LogP contribution < -0.4 is 0 Å². The molecule has 0 aliphatic rings. The number of hydrogen-bond donors (Lipinski definition) is 0. The van der Waals surface area contributed by atoms with Crippen LogP contribution in [-0.4, -0.2) is 11.0 Å². The molecule has 0 heterocycles. The van der Waals surface area contributed by atoms with Crippen molar-refractivity contribution < 1.29 is 44.3 Å². The van der Waals surface area contributed by atoms with Gasteiger partial charge in [0.2, 0.25) is 0 Å². The maximum atomic E-state index is 0. The Hall–Kier alpha value is 0.580. The third-order valence-electron chi connectivity index (χ3n) is 0. The third kappa shape index (κ3) is 90.6. The minimum atomic E-state index is 0. The van der Waals surface area contributed by atoms with Gasteiger partial charge in [-0.25, -0.2) is 0 Å². The topological polar surface area (TPSA) is 118 Å². The van der Waals surface area contributed by atoms with Gasteiger partial charge in [-0.05, 0) is 0 Å². The molecule has 4 nitrogen and oxygen atoms in total. The van der Waals surface area contributed by atoms with Gasteiger partial charge in [0.25, 0.3) is 0 Å². The van der Waals surface area contributed by atoms with Crippen LogP contribution in [0.3, 0.4) is 0 Å². The number of hydrogen-bond acceptors (Lipinski definition) is 1. The quantitative estimate of drug-likeness (QED) is 0.523. The Morgan fingerprint density at radius 2 is 0.800 bits per heavy atom. The van der Waals surface area contributed by atoms with E-state index in [0.717, 1.165) is 0 Å². The summed E-state index contributed by atoms with van der Waals surface area (Å²) in [7, 11) is 0. The van der Waals surface area contributed by atoms with Crippen molar-refractivity contribution in [2.45, 2.75) is 0 Å². The molecule has 0 aromatic rings. The maximum absolute atomic E-state index is 0. The van der Waals surface area contributed by atoms with Crippen LogP contribution in [0.15, 0.2) is 0 Å². The summed E-state index contributed by atoms with van der Waals surface area (Å²) in [5.74, 6) is 0. The van der Waals surface area contributed by atoms with Crippen molar-refractivity contribution in [1.82, 2.24) is 0 Å². The van der Waals surface area contributed by atoms with Gasteiger partial charge < -0.3 is 21.9 Å². The van der Waals surface area contributed by atoms with E-state index in [1.807, 2.05) is 0 Å². The Labute approximate surface area is 44.9 Å². The van der Waals surface area contributed by atoms with Crippen LogP contribution in [0.2, 0.25) is 0 Å². The minimum Gasteiger partial charge on any atom is -2.00 e. The Morgan fingerprint density at radius 1 is 0.800 bits per heavy atom. The molecule has 0 unspecified atom stereocenters. The van der Waals surface area contributed by atoms with E-state index >= 15 is 0 Å². The van der Waals surface area contributed by atoms with Gasteiger partial charge in [0, 0.05) is 0 Å². The van der Waals surface area contributed by atoms with E-state index in [2.05, 4.69) is 0 Å². The maximum Gasteiger partial charge on any atom is 5.00 e. The van der Waals surface area contributed by atoms with Gasteiger partial charge in [-0.15, -0.1) is 0 Å². The van der Waals surface area contributed by atoms with Crippen molar-refractivity contribution in [1.29, 1.82) is 0 Å². The van der Waals surface area contributed by atoms with E-state index < -0.39 is 0 Å². The van der Waals surface area contributed by atoms with Crippen LogP contribution in [0, 0.1) is 0 Å². The van der Waals surface area contributed by atoms with Crippen molar-refractivity contribution >= 4 is 0 Å². The van der Waals surface area contributed by atoms with Crippen LogP contribution >= 0.6 is 0 Å². The van der Waals surface area contributed by atoms with Gasteiger partial charge in [0.05, 0.1) is 0 Å². The molecule has 0 aromatic carbocycles. The monoisotopic (exact) mass is 248 g/mol. The second-order valence-corrected chi connectivity index (χ2v) is 0. The van der Waals surface area contributed by atoms with E-state index in [-0.39, 0.29) is 44.3 Å². The molecule has 0 aromatic heterocycles. The molecular formula is H3O4Ta. The molecule has 0 amide bonds. The second kappa shape index (κ2) is 174. The second-order valence-electron chi connectivity index (χ2n) is 0. The van der Waals surface area contributed by atoms with Gasteiger partial charge in [0.15, 0.2) is 0 Å². The smallest absolute Gasteiger partial charge is 2.00 e. The summed E-state index contributed by atoms with van der Waals surface area (Å²) in [6.07, 6.45) is 0. The van der Waals surface area contributed by atoms with E-state index in [9.17, 15) is 0 Å². The summed E-state index contributed by atoms with van der Waals surface area (Å²) in [4.78, 5) is 0. The molecule has 0 atom stereocenters. The molecule has 0 saturated heterocycles. The molecule has 0 rings (SSSR count). The Morgan fingerprint density at radius 3 is 0.800 bits per heavy atom. The van der Waals surface area contributed by atoms with E-state index in [0.29, 0.717) is 0 Å². The fraction of sp³-hybridized carbons (Fsp3) is 0. The first kappa shape index (κ1) is 348. The predicted molar refractivity (Wildman–Crippen MR) is 6.92 cm³/mol. The van der Waals surface area contributed by atoms with Crippen molar-refractivity contribution in [3.63, 3.8) is 0 Å². The predicted octanol–water partition coefficient (Wildman–Crippen LogP) is -1.24. The number of rotatable bonds is 0. The molecule has 32 valence electrons. The molecular weight excluding hydrogens is 245 g/mol. The summed E-state index contributed by atoms with van der Waals surface area (Å²) in [5.41, 5.74) is 0. The normalized spacial score (nSPS) is 0. The molecule has 0 aliphatic carbocycles. The Balaban J connectivity index is 0. The molecule has 5 heteroatoms. The summed E-state index contributed by atoms with van der Waals surface area (Å²) in [5, 5.41) is 0. The summed E-state index contributed by atoms with van der Waals surface area (Å²) in [6.45, 7) is 0. The molecule has 0 spiro atoms. The van der Waals surface area contributed by atoms with E-state index in [1.165, 1.54) is 0 Å². The fourth-order valence-electron chi connectivity index (χ4n) is 0. The van der Waals surface area contributed by atoms with Gasteiger partial charge in [0.1, 0.15) is 0 Å². The average Bonchev–Trinajstić information content (AvgIpc) is 0. The molecule has 5 heavy (non-hydrogen) atoms. The van der Waals surface area contributed by atoms with Crippen LogP contribution in [0.4, 0.5) is 0 Å². The van der Waals surface area contributed by atoms with Crippen LogP contribution in [0.5, 0.6) is 0 Å². The SMILES string of the molecule is O.[O-2].[O-2].[OH-].[Ta+5]. The Kier molecular flexibility index (Phi) is 12100. The molecule has 3 N–H and O–H groups in total. The first-order chi connectivity index (χ1) is 0. The van der Waals surface area contributed by atoms with Gasteiger partial charge in [-0.3, -0.25) is 0 Å². The zero-order chi connectivity index (χ0) is 0. The van der Waals surface area contributed by atoms with E-state index in [1.54, 1.807) is 0 Å². The van der Waals surface area contributed by atoms with Crippen molar-refractivity contribution in [3.8, 4) is 0 Å². The first-order valence-electron chi connectivity index (χ1n) is 0. The van der Waals surface area contributed by atoms with E-state index in [4.69, 9.17) is 0 Å². The standard InChI is InChI=1S/2H2O.2O.Ta/h2*1H2;;;/q;;2*-2;+5/p-1. The van der Waals surface area contributed by atoms with Crippen LogP contribution in [0.25, 0.3) is 0 Å². The molecule has 0 radical (unpaired) electrons. The fourth-order valence-corrected chi connectivity index (χ4v) is 0. The average molecular weight is 248 g/mol.